The second-order valence-corrected chi connectivity index (χ2v) is 23.1. The second-order valence-electron chi connectivity index (χ2n) is 21.3. The van der Waals surface area contributed by atoms with Gasteiger partial charge in [-0.2, -0.15) is 16.7 Å². The fourth-order valence-corrected chi connectivity index (χ4v) is 10.9. The Morgan fingerprint density at radius 3 is 2.03 bits per heavy atom. The third-order valence-corrected chi connectivity index (χ3v) is 16.1. The van der Waals surface area contributed by atoms with Gasteiger partial charge in [0.05, 0.1) is 63.6 Å². The summed E-state index contributed by atoms with van der Waals surface area (Å²) in [5.41, 5.74) is 7.47. The maximum Gasteiger partial charge on any atom is 0.260 e. The summed E-state index contributed by atoms with van der Waals surface area (Å²) in [4.78, 5) is 88.5. The van der Waals surface area contributed by atoms with E-state index in [0.29, 0.717) is 114 Å². The molecule has 0 bridgehead atoms. The minimum Gasteiger partial charge on any atom is -0.497 e. The molecule has 0 unspecified atom stereocenters. The largest absolute Gasteiger partial charge is 0.497 e. The highest BCUT2D eigenvalue weighted by atomic mass is 32.2. The molecule has 4 aliphatic rings. The molecule has 4 atom stereocenters. The molecule has 23 heteroatoms. The Morgan fingerprint density at radius 2 is 1.35 bits per heavy atom. The Morgan fingerprint density at radius 1 is 0.686 bits per heavy atom. The second kappa shape index (κ2) is 29.0. The van der Waals surface area contributed by atoms with E-state index in [9.17, 15) is 24.0 Å². The molecule has 21 nitrogen and oxygen atoms in total. The number of hydrogen-bond donors (Lipinski definition) is 5. The number of ether oxygens (including phenoxy) is 5. The average molecular weight is 1210 g/mol. The number of carbonyl (C=O) groups excluding carboxylic acids is 5. The molecule has 0 aliphatic carbocycles. The monoisotopic (exact) mass is 1210 g/mol. The molecule has 1 aromatic heterocycles. The van der Waals surface area contributed by atoms with Crippen LogP contribution in [0.4, 0.5) is 28.8 Å². The lowest BCUT2D eigenvalue weighted by molar-refractivity contribution is -0.131. The number of nitrogens with zero attached hydrogens (tertiary/aromatic N) is 6. The van der Waals surface area contributed by atoms with Crippen LogP contribution in [-0.4, -0.2) is 145 Å². The summed E-state index contributed by atoms with van der Waals surface area (Å²) < 4.78 is 29.3. The van der Waals surface area contributed by atoms with Crippen LogP contribution in [-0.2, 0) is 25.7 Å². The number of aromatic nitrogens is 2. The van der Waals surface area contributed by atoms with E-state index in [4.69, 9.17) is 33.7 Å². The third-order valence-electron chi connectivity index (χ3n) is 14.9. The first-order chi connectivity index (χ1) is 41.6. The van der Waals surface area contributed by atoms with Crippen LogP contribution < -0.4 is 50.3 Å². The lowest BCUT2D eigenvalue weighted by atomic mass is 10.0. The SMILES string of the molecule is COc1ccc(C2=CN3C(=O)c4cc(OC)c(OCCCOc5cc6c(cc5OC)CN5C=C(c7ccc(NC(=O)[C@H](C)NC(=O)[C@@H](NC(=O)CCCNc8nc(NC(=O)CCSC)cc(SC)n8)C(C)C)cc7)C[C@H]5C=N6)cc4N=C[C@@H]3C2)cc1. The summed E-state index contributed by atoms with van der Waals surface area (Å²) in [5.74, 6) is 2.54. The summed E-state index contributed by atoms with van der Waals surface area (Å²) in [6.07, 6.45) is 14.5. The lowest BCUT2D eigenvalue weighted by Gasteiger charge is -2.24. The van der Waals surface area contributed by atoms with Gasteiger partial charge in [0.25, 0.3) is 5.91 Å². The molecule has 86 heavy (non-hydrogen) atoms. The Bertz CT molecular complexity index is 3430. The van der Waals surface area contributed by atoms with E-state index in [-0.39, 0.29) is 42.1 Å². The number of anilines is 3. The topological polar surface area (TPSA) is 249 Å². The number of hydrogen-bond acceptors (Lipinski definition) is 18. The van der Waals surface area contributed by atoms with Gasteiger partial charge in [0.1, 0.15) is 28.7 Å². The smallest absolute Gasteiger partial charge is 0.260 e. The van der Waals surface area contributed by atoms with Gasteiger partial charge in [0.2, 0.25) is 29.6 Å². The maximum atomic E-state index is 13.9. The molecule has 0 spiro atoms. The van der Waals surface area contributed by atoms with Gasteiger partial charge in [0, 0.05) is 98.8 Å². The summed E-state index contributed by atoms with van der Waals surface area (Å²) >= 11 is 3.01. The van der Waals surface area contributed by atoms with Crippen molar-refractivity contribution in [1.82, 2.24) is 30.4 Å². The minimum absolute atomic E-state index is 0.0138. The van der Waals surface area contributed by atoms with Crippen molar-refractivity contribution in [2.45, 2.75) is 95.0 Å². The molecule has 4 aromatic carbocycles. The van der Waals surface area contributed by atoms with Crippen LogP contribution in [0.1, 0.15) is 86.3 Å². The van der Waals surface area contributed by atoms with Crippen LogP contribution in [0.3, 0.4) is 0 Å². The Labute approximate surface area is 509 Å². The van der Waals surface area contributed by atoms with Crippen molar-refractivity contribution in [3.05, 3.63) is 114 Å². The number of rotatable bonds is 27. The molecular formula is C63H73N11O10S2. The van der Waals surface area contributed by atoms with Gasteiger partial charge >= 0.3 is 0 Å². The van der Waals surface area contributed by atoms with Crippen LogP contribution >= 0.6 is 23.5 Å². The number of methoxy groups -OCH3 is 3. The molecule has 452 valence electrons. The van der Waals surface area contributed by atoms with Crippen LogP contribution in [0.25, 0.3) is 11.1 Å². The molecule has 0 saturated carbocycles. The quantitative estimate of drug-likeness (QED) is 0.0187. The number of aliphatic imine (C=N–C) groups is 2. The molecule has 4 aliphatic heterocycles. The summed E-state index contributed by atoms with van der Waals surface area (Å²) in [7, 11) is 4.79. The predicted molar refractivity (Wildman–Crippen MR) is 338 cm³/mol. The van der Waals surface area contributed by atoms with Crippen LogP contribution in [0.5, 0.6) is 28.7 Å². The van der Waals surface area contributed by atoms with Crippen LogP contribution in [0.15, 0.2) is 106 Å². The van der Waals surface area contributed by atoms with E-state index in [1.54, 1.807) is 63.1 Å². The van der Waals surface area contributed by atoms with E-state index in [0.717, 1.165) is 45.7 Å². The van der Waals surface area contributed by atoms with Crippen molar-refractivity contribution in [2.24, 2.45) is 15.9 Å². The molecule has 0 saturated heterocycles. The molecule has 9 rings (SSSR count). The first-order valence-corrected chi connectivity index (χ1v) is 31.1. The van der Waals surface area contributed by atoms with Crippen molar-refractivity contribution < 1.29 is 47.7 Å². The normalized spacial score (nSPS) is 16.2. The summed E-state index contributed by atoms with van der Waals surface area (Å²) in [5, 5.41) is 15.1. The van der Waals surface area contributed by atoms with Crippen molar-refractivity contribution in [2.75, 3.05) is 75.3 Å². The van der Waals surface area contributed by atoms with E-state index in [1.807, 2.05) is 106 Å². The molecule has 0 fully saturated rings. The van der Waals surface area contributed by atoms with Gasteiger partial charge in [-0.25, -0.2) is 4.98 Å². The zero-order valence-corrected chi connectivity index (χ0v) is 51.2. The van der Waals surface area contributed by atoms with Crippen molar-refractivity contribution in [3.63, 3.8) is 0 Å². The number of fused-ring (bicyclic) bond motifs is 4. The van der Waals surface area contributed by atoms with E-state index < -0.39 is 23.9 Å². The van der Waals surface area contributed by atoms with E-state index in [2.05, 4.69) is 47.7 Å². The third kappa shape index (κ3) is 15.5. The first kappa shape index (κ1) is 62.0. The minimum atomic E-state index is -0.893. The molecule has 5 aromatic rings. The Kier molecular flexibility index (Phi) is 20.9. The Balaban J connectivity index is 0.716. The zero-order valence-electron chi connectivity index (χ0n) is 49.6. The van der Waals surface area contributed by atoms with Gasteiger partial charge < -0.3 is 60.1 Å². The number of amides is 5. The van der Waals surface area contributed by atoms with E-state index in [1.165, 1.54) is 11.8 Å². The van der Waals surface area contributed by atoms with Crippen molar-refractivity contribution >= 4 is 105 Å². The van der Waals surface area contributed by atoms with Gasteiger partial charge in [-0.15, -0.1) is 11.8 Å². The number of thioether (sulfide) groups is 2. The standard InChI is InChI=1S/C63H73N11O10S2/c1-37(2)59(71-56(75)11-9-21-64-63-70-55(31-58(72-63)86-8)69-57(76)20-24-85-7)61(78)67-38(3)60(77)68-44-16-12-39(13-17-44)41-25-45-32-65-49-29-53(51(81-5)27-43(49)35-73(45)34-41)83-22-10-23-84-54-30-50-48(28-52(54)82-6)62(79)74-36-42(26-46(74)33-66-50)40-14-18-47(80-4)19-15-40/h12-19,27-34,36-38,45-46,59H,9-11,20-26,35H2,1-8H3,(H,67,78)(H,68,77)(H,71,75)(H2,64,69,70,72,76)/t38-,45-,46-,59-/m0/s1. The van der Waals surface area contributed by atoms with Gasteiger partial charge in [-0.05, 0) is 96.9 Å². The summed E-state index contributed by atoms with van der Waals surface area (Å²) in [6.45, 7) is 6.87. The molecule has 5 heterocycles. The number of benzene rings is 4. The predicted octanol–water partition coefficient (Wildman–Crippen LogP) is 9.54. The highest BCUT2D eigenvalue weighted by molar-refractivity contribution is 7.98. The zero-order chi connectivity index (χ0) is 60.9. The van der Waals surface area contributed by atoms with Crippen LogP contribution in [0.2, 0.25) is 0 Å². The molecule has 0 radical (unpaired) electrons. The summed E-state index contributed by atoms with van der Waals surface area (Å²) in [6, 6.07) is 22.5. The van der Waals surface area contributed by atoms with Gasteiger partial charge in [-0.1, -0.05) is 38.1 Å². The molecule has 5 amide bonds. The van der Waals surface area contributed by atoms with E-state index >= 15 is 0 Å². The highest BCUT2D eigenvalue weighted by Crippen LogP contribution is 2.42. The number of carbonyl (C=O) groups is 5. The molecular weight excluding hydrogens is 1130 g/mol. The fraction of sp³-hybridized carbons (Fsp3) is 0.381. The Hall–Kier alpha value is -8.57. The maximum absolute atomic E-state index is 13.9. The van der Waals surface area contributed by atoms with Gasteiger partial charge in [0.15, 0.2) is 23.0 Å². The highest BCUT2D eigenvalue weighted by Gasteiger charge is 2.34. The van der Waals surface area contributed by atoms with Crippen molar-refractivity contribution in [1.29, 1.82) is 0 Å². The first-order valence-electron chi connectivity index (χ1n) is 28.5. The lowest BCUT2D eigenvalue weighted by Crippen LogP contribution is -2.53. The van der Waals surface area contributed by atoms with Gasteiger partial charge in [-0.3, -0.25) is 34.0 Å². The average Bonchev–Trinajstić information content (AvgIpc) is 2.06. The van der Waals surface area contributed by atoms with Crippen LogP contribution in [0, 0.1) is 5.92 Å². The molecule has 5 N–H and O–H groups in total. The number of nitrogens with one attached hydrogen (secondary N) is 5. The fourth-order valence-electron chi connectivity index (χ4n) is 10.1. The van der Waals surface area contributed by atoms with Crippen molar-refractivity contribution in [3.8, 4) is 28.7 Å².